The monoisotopic (exact) mass is 250 g/mol. The van der Waals surface area contributed by atoms with Crippen LogP contribution in [0.3, 0.4) is 0 Å². The topological polar surface area (TPSA) is 66.6 Å². The van der Waals surface area contributed by atoms with Gasteiger partial charge in [-0.15, -0.1) is 0 Å². The molecule has 4 nitrogen and oxygen atoms in total. The number of hydrogen-bond acceptors (Lipinski definition) is 3. The van der Waals surface area contributed by atoms with Crippen molar-refractivity contribution in [2.45, 2.75) is 26.3 Å². The first-order valence-electron chi connectivity index (χ1n) is 6.31. The van der Waals surface area contributed by atoms with Crippen molar-refractivity contribution in [1.29, 1.82) is 0 Å². The Kier molecular flexibility index (Phi) is 5.82. The van der Waals surface area contributed by atoms with Gasteiger partial charge in [0.15, 0.2) is 0 Å². The van der Waals surface area contributed by atoms with Gasteiger partial charge in [-0.3, -0.25) is 4.79 Å². The number of carbonyl (C=O) groups excluding carboxylic acids is 1. The van der Waals surface area contributed by atoms with Crippen LogP contribution in [-0.2, 0) is 6.42 Å². The van der Waals surface area contributed by atoms with Crippen molar-refractivity contribution in [2.24, 2.45) is 5.73 Å². The van der Waals surface area contributed by atoms with Crippen molar-refractivity contribution in [2.75, 3.05) is 19.7 Å². The molecular weight excluding hydrogens is 228 g/mol. The van der Waals surface area contributed by atoms with Crippen LogP contribution in [0, 0.1) is 0 Å². The molecule has 0 unspecified atom stereocenters. The third-order valence-corrected chi connectivity index (χ3v) is 2.89. The average molecular weight is 250 g/mol. The van der Waals surface area contributed by atoms with E-state index >= 15 is 0 Å². The van der Waals surface area contributed by atoms with Gasteiger partial charge in [0, 0.05) is 18.2 Å². The van der Waals surface area contributed by atoms with Crippen LogP contribution in [0.2, 0.25) is 0 Å². The lowest BCUT2D eigenvalue weighted by Crippen LogP contribution is -2.39. The predicted octanol–water partition coefficient (Wildman–Crippen LogP) is 1.03. The van der Waals surface area contributed by atoms with Crippen LogP contribution < -0.4 is 5.73 Å². The molecule has 4 heteroatoms. The molecule has 0 aromatic heterocycles. The van der Waals surface area contributed by atoms with E-state index in [2.05, 4.69) is 0 Å². The summed E-state index contributed by atoms with van der Waals surface area (Å²) in [6, 6.07) is 7.58. The minimum atomic E-state index is -0.0388. The highest BCUT2D eigenvalue weighted by Crippen LogP contribution is 2.14. The van der Waals surface area contributed by atoms with Gasteiger partial charge in [0.25, 0.3) is 5.91 Å². The molecule has 1 aromatic carbocycles. The number of aliphatic hydroxyl groups is 1. The van der Waals surface area contributed by atoms with Gasteiger partial charge in [0.05, 0.1) is 6.61 Å². The largest absolute Gasteiger partial charge is 0.395 e. The van der Waals surface area contributed by atoms with E-state index in [1.54, 1.807) is 4.90 Å². The maximum absolute atomic E-state index is 12.4. The van der Waals surface area contributed by atoms with E-state index in [0.717, 1.165) is 5.56 Å². The van der Waals surface area contributed by atoms with Crippen LogP contribution in [-0.4, -0.2) is 41.7 Å². The zero-order valence-electron chi connectivity index (χ0n) is 11.1. The molecule has 3 N–H and O–H groups in total. The van der Waals surface area contributed by atoms with Gasteiger partial charge in [0.2, 0.25) is 0 Å². The summed E-state index contributed by atoms with van der Waals surface area (Å²) < 4.78 is 0. The van der Waals surface area contributed by atoms with Gasteiger partial charge < -0.3 is 15.7 Å². The molecule has 0 saturated carbocycles. The summed E-state index contributed by atoms with van der Waals surface area (Å²) in [6.07, 6.45) is 0.687. The lowest BCUT2D eigenvalue weighted by Gasteiger charge is -2.27. The number of benzene rings is 1. The summed E-state index contributed by atoms with van der Waals surface area (Å²) >= 11 is 0. The molecule has 0 radical (unpaired) electrons. The molecule has 1 rings (SSSR count). The van der Waals surface area contributed by atoms with Gasteiger partial charge in [-0.1, -0.05) is 18.2 Å². The standard InChI is InChI=1S/C14H22N2O2/c1-11(2)16(9-10-17)14(18)13-6-4-3-5-12(13)7-8-15/h3-6,11,17H,7-10,15H2,1-2H3. The quantitative estimate of drug-likeness (QED) is 0.792. The van der Waals surface area contributed by atoms with Crippen LogP contribution in [0.25, 0.3) is 0 Å². The average Bonchev–Trinajstić information content (AvgIpc) is 2.36. The Morgan fingerprint density at radius 3 is 2.61 bits per heavy atom. The molecule has 0 saturated heterocycles. The maximum Gasteiger partial charge on any atom is 0.254 e. The predicted molar refractivity (Wildman–Crippen MR) is 72.5 cm³/mol. The molecule has 0 bridgehead atoms. The highest BCUT2D eigenvalue weighted by atomic mass is 16.3. The Labute approximate surface area is 108 Å². The van der Waals surface area contributed by atoms with Gasteiger partial charge >= 0.3 is 0 Å². The van der Waals surface area contributed by atoms with Crippen molar-refractivity contribution in [1.82, 2.24) is 4.90 Å². The summed E-state index contributed by atoms with van der Waals surface area (Å²) in [6.45, 7) is 4.74. The second-order valence-corrected chi connectivity index (χ2v) is 4.51. The molecule has 0 aliphatic heterocycles. The molecule has 1 amide bonds. The van der Waals surface area contributed by atoms with E-state index in [4.69, 9.17) is 10.8 Å². The summed E-state index contributed by atoms with van der Waals surface area (Å²) in [4.78, 5) is 14.1. The highest BCUT2D eigenvalue weighted by Gasteiger charge is 2.20. The number of rotatable bonds is 6. The molecule has 0 fully saturated rings. The van der Waals surface area contributed by atoms with Crippen LogP contribution in [0.5, 0.6) is 0 Å². The SMILES string of the molecule is CC(C)N(CCO)C(=O)c1ccccc1CCN. The van der Waals surface area contributed by atoms with E-state index < -0.39 is 0 Å². The van der Waals surface area contributed by atoms with Crippen molar-refractivity contribution < 1.29 is 9.90 Å². The number of carbonyl (C=O) groups is 1. The number of amides is 1. The van der Waals surface area contributed by atoms with Crippen molar-refractivity contribution in [3.8, 4) is 0 Å². The molecule has 1 aromatic rings. The molecule has 0 atom stereocenters. The van der Waals surface area contributed by atoms with Gasteiger partial charge in [-0.2, -0.15) is 0 Å². The molecular formula is C14H22N2O2. The van der Waals surface area contributed by atoms with E-state index in [1.165, 1.54) is 0 Å². The van der Waals surface area contributed by atoms with E-state index in [0.29, 0.717) is 25.1 Å². The first-order valence-corrected chi connectivity index (χ1v) is 6.31. The molecule has 18 heavy (non-hydrogen) atoms. The Bertz CT molecular complexity index is 391. The van der Waals surface area contributed by atoms with E-state index in [-0.39, 0.29) is 18.6 Å². The minimum absolute atomic E-state index is 0.0248. The number of aliphatic hydroxyl groups excluding tert-OH is 1. The molecule has 0 heterocycles. The Hall–Kier alpha value is -1.39. The van der Waals surface area contributed by atoms with Gasteiger partial charge in [0.1, 0.15) is 0 Å². The lowest BCUT2D eigenvalue weighted by molar-refractivity contribution is 0.0664. The second-order valence-electron chi connectivity index (χ2n) is 4.51. The highest BCUT2D eigenvalue weighted by molar-refractivity contribution is 5.95. The van der Waals surface area contributed by atoms with E-state index in [9.17, 15) is 4.79 Å². The fraction of sp³-hybridized carbons (Fsp3) is 0.500. The van der Waals surface area contributed by atoms with Gasteiger partial charge in [-0.25, -0.2) is 0 Å². The fourth-order valence-corrected chi connectivity index (χ4v) is 1.96. The fourth-order valence-electron chi connectivity index (χ4n) is 1.96. The number of nitrogens with zero attached hydrogens (tertiary/aromatic N) is 1. The Morgan fingerprint density at radius 1 is 1.39 bits per heavy atom. The minimum Gasteiger partial charge on any atom is -0.395 e. The first-order chi connectivity index (χ1) is 8.61. The molecule has 0 aliphatic rings. The summed E-state index contributed by atoms with van der Waals surface area (Å²) in [5.41, 5.74) is 7.21. The van der Waals surface area contributed by atoms with Crippen LogP contribution >= 0.6 is 0 Å². The van der Waals surface area contributed by atoms with Crippen LogP contribution in [0.15, 0.2) is 24.3 Å². The zero-order chi connectivity index (χ0) is 13.5. The van der Waals surface area contributed by atoms with Crippen molar-refractivity contribution in [3.63, 3.8) is 0 Å². The van der Waals surface area contributed by atoms with Crippen molar-refractivity contribution in [3.05, 3.63) is 35.4 Å². The number of hydrogen-bond donors (Lipinski definition) is 2. The van der Waals surface area contributed by atoms with Crippen LogP contribution in [0.4, 0.5) is 0 Å². The molecule has 0 aliphatic carbocycles. The molecule has 100 valence electrons. The Morgan fingerprint density at radius 2 is 2.06 bits per heavy atom. The van der Waals surface area contributed by atoms with Crippen molar-refractivity contribution >= 4 is 5.91 Å². The second kappa shape index (κ2) is 7.13. The first kappa shape index (κ1) is 14.7. The summed E-state index contributed by atoms with van der Waals surface area (Å²) in [5.74, 6) is -0.0388. The number of nitrogens with two attached hydrogens (primary N) is 1. The summed E-state index contributed by atoms with van der Waals surface area (Å²) in [5, 5.41) is 9.04. The third kappa shape index (κ3) is 3.55. The Balaban J connectivity index is 3.00. The smallest absolute Gasteiger partial charge is 0.254 e. The molecule has 0 spiro atoms. The van der Waals surface area contributed by atoms with E-state index in [1.807, 2.05) is 38.1 Å². The normalized spacial score (nSPS) is 10.7. The van der Waals surface area contributed by atoms with Gasteiger partial charge in [-0.05, 0) is 38.4 Å². The third-order valence-electron chi connectivity index (χ3n) is 2.89. The lowest BCUT2D eigenvalue weighted by atomic mass is 10.0. The maximum atomic E-state index is 12.4. The van der Waals surface area contributed by atoms with Crippen LogP contribution in [0.1, 0.15) is 29.8 Å². The summed E-state index contributed by atoms with van der Waals surface area (Å²) in [7, 11) is 0. The zero-order valence-corrected chi connectivity index (χ0v) is 11.1.